The van der Waals surface area contributed by atoms with Crippen LogP contribution in [0, 0.1) is 17.8 Å². The van der Waals surface area contributed by atoms with Gasteiger partial charge >= 0.3 is 0 Å². The van der Waals surface area contributed by atoms with E-state index in [9.17, 15) is 14.4 Å². The highest BCUT2D eigenvalue weighted by atomic mass is 35.5. The van der Waals surface area contributed by atoms with Gasteiger partial charge in [-0.2, -0.15) is 0 Å². The predicted molar refractivity (Wildman–Crippen MR) is 110 cm³/mol. The molecule has 0 N–H and O–H groups in total. The zero-order chi connectivity index (χ0) is 20.5. The molecule has 1 saturated heterocycles. The Balaban J connectivity index is 1.41. The number of anilines is 1. The van der Waals surface area contributed by atoms with E-state index in [-0.39, 0.29) is 36.0 Å². The molecule has 0 aromatic heterocycles. The molecule has 2 aromatic rings. The van der Waals surface area contributed by atoms with Gasteiger partial charge in [0.25, 0.3) is 0 Å². The summed E-state index contributed by atoms with van der Waals surface area (Å²) in [5.41, 5.74) is 1.08. The Bertz CT molecular complexity index is 938. The Labute approximate surface area is 174 Å². The van der Waals surface area contributed by atoms with Gasteiger partial charge in [0.15, 0.2) is 12.4 Å². The number of ketones is 1. The van der Waals surface area contributed by atoms with Crippen LogP contribution >= 0.6 is 11.6 Å². The van der Waals surface area contributed by atoms with Gasteiger partial charge in [-0.1, -0.05) is 18.5 Å². The van der Waals surface area contributed by atoms with Crippen LogP contribution in [0.15, 0.2) is 48.5 Å². The zero-order valence-electron chi connectivity index (χ0n) is 16.1. The van der Waals surface area contributed by atoms with Gasteiger partial charge < -0.3 is 4.74 Å². The molecule has 1 saturated carbocycles. The third-order valence-corrected chi connectivity index (χ3v) is 6.07. The Kier molecular flexibility index (Phi) is 5.41. The van der Waals surface area contributed by atoms with Crippen molar-refractivity contribution in [3.05, 3.63) is 59.1 Å². The van der Waals surface area contributed by atoms with Crippen molar-refractivity contribution >= 4 is 34.9 Å². The number of ether oxygens (including phenoxy) is 1. The summed E-state index contributed by atoms with van der Waals surface area (Å²) < 4.78 is 5.56. The summed E-state index contributed by atoms with van der Waals surface area (Å²) >= 11 is 5.83. The molecule has 0 unspecified atom stereocenters. The highest BCUT2D eigenvalue weighted by molar-refractivity contribution is 6.30. The quantitative estimate of drug-likeness (QED) is 0.535. The molecule has 3 atom stereocenters. The largest absolute Gasteiger partial charge is 0.485 e. The molecular weight excluding hydrogens is 390 g/mol. The predicted octanol–water partition coefficient (Wildman–Crippen LogP) is 4.53. The zero-order valence-corrected chi connectivity index (χ0v) is 16.9. The molecule has 150 valence electrons. The highest BCUT2D eigenvalue weighted by Gasteiger charge is 2.49. The van der Waals surface area contributed by atoms with E-state index in [0.29, 0.717) is 27.9 Å². The number of amides is 2. The van der Waals surface area contributed by atoms with Gasteiger partial charge in [0, 0.05) is 10.6 Å². The van der Waals surface area contributed by atoms with Crippen molar-refractivity contribution in [2.75, 3.05) is 11.5 Å². The fraction of sp³-hybridized carbons (Fsp3) is 0.348. The summed E-state index contributed by atoms with van der Waals surface area (Å²) in [7, 11) is 0. The molecular formula is C23H22ClNO4. The minimum absolute atomic E-state index is 0.0986. The SMILES string of the molecule is C[C@H]1CC[C@@H]2C(=O)N(c3ccc(OCC(=O)c4ccc(Cl)cc4)cc3)C(=O)[C@@H]2C1. The van der Waals surface area contributed by atoms with Crippen LogP contribution in [0.25, 0.3) is 0 Å². The van der Waals surface area contributed by atoms with Crippen molar-refractivity contribution in [2.45, 2.75) is 26.2 Å². The molecule has 1 aliphatic heterocycles. The van der Waals surface area contributed by atoms with Crippen molar-refractivity contribution in [3.8, 4) is 5.75 Å². The second-order valence-electron chi connectivity index (χ2n) is 7.86. The number of benzene rings is 2. The van der Waals surface area contributed by atoms with Crippen LogP contribution < -0.4 is 9.64 Å². The number of nitrogens with zero attached hydrogens (tertiary/aromatic N) is 1. The Hall–Kier alpha value is -2.66. The van der Waals surface area contributed by atoms with Gasteiger partial charge in [0.05, 0.1) is 17.5 Å². The summed E-state index contributed by atoms with van der Waals surface area (Å²) in [6.45, 7) is 2.03. The number of Topliss-reactive ketones (excluding diaryl/α,β-unsaturated/α-hetero) is 1. The molecule has 4 rings (SSSR count). The number of imide groups is 1. The summed E-state index contributed by atoms with van der Waals surface area (Å²) in [4.78, 5) is 39.1. The number of hydrogen-bond acceptors (Lipinski definition) is 4. The van der Waals surface area contributed by atoms with Crippen molar-refractivity contribution in [1.29, 1.82) is 0 Å². The molecule has 2 aliphatic rings. The van der Waals surface area contributed by atoms with Gasteiger partial charge in [-0.25, -0.2) is 0 Å². The molecule has 0 bridgehead atoms. The lowest BCUT2D eigenvalue weighted by atomic mass is 9.76. The molecule has 2 amide bonds. The molecule has 1 aliphatic carbocycles. The van der Waals surface area contributed by atoms with Gasteiger partial charge in [-0.15, -0.1) is 0 Å². The highest BCUT2D eigenvalue weighted by Crippen LogP contribution is 2.42. The molecule has 2 aromatic carbocycles. The Morgan fingerprint density at radius 2 is 1.66 bits per heavy atom. The van der Waals surface area contributed by atoms with Crippen molar-refractivity contribution in [1.82, 2.24) is 0 Å². The van der Waals surface area contributed by atoms with Crippen molar-refractivity contribution in [2.24, 2.45) is 17.8 Å². The van der Waals surface area contributed by atoms with Crippen LogP contribution in [0.5, 0.6) is 5.75 Å². The van der Waals surface area contributed by atoms with E-state index < -0.39 is 0 Å². The number of carbonyl (C=O) groups excluding carboxylic acids is 3. The average molecular weight is 412 g/mol. The van der Waals surface area contributed by atoms with Crippen LogP contribution in [0.4, 0.5) is 5.69 Å². The molecule has 1 heterocycles. The smallest absolute Gasteiger partial charge is 0.237 e. The van der Waals surface area contributed by atoms with E-state index in [1.165, 1.54) is 4.90 Å². The van der Waals surface area contributed by atoms with E-state index in [2.05, 4.69) is 6.92 Å². The first-order valence-electron chi connectivity index (χ1n) is 9.83. The van der Waals surface area contributed by atoms with E-state index in [4.69, 9.17) is 16.3 Å². The Morgan fingerprint density at radius 1 is 1.00 bits per heavy atom. The van der Waals surface area contributed by atoms with E-state index in [0.717, 1.165) is 19.3 Å². The molecule has 29 heavy (non-hydrogen) atoms. The minimum Gasteiger partial charge on any atom is -0.485 e. The third kappa shape index (κ3) is 3.92. The molecule has 2 fully saturated rings. The maximum absolute atomic E-state index is 12.8. The minimum atomic E-state index is -0.195. The number of carbonyl (C=O) groups is 3. The van der Waals surface area contributed by atoms with E-state index in [1.807, 2.05) is 0 Å². The van der Waals surface area contributed by atoms with Crippen molar-refractivity contribution < 1.29 is 19.1 Å². The first-order valence-corrected chi connectivity index (χ1v) is 10.2. The lowest BCUT2D eigenvalue weighted by Gasteiger charge is -2.25. The molecule has 5 nitrogen and oxygen atoms in total. The second-order valence-corrected chi connectivity index (χ2v) is 8.29. The lowest BCUT2D eigenvalue weighted by molar-refractivity contribution is -0.122. The molecule has 6 heteroatoms. The van der Waals surface area contributed by atoms with Crippen LogP contribution in [0.2, 0.25) is 5.02 Å². The van der Waals surface area contributed by atoms with Gasteiger partial charge in [0.1, 0.15) is 5.75 Å². The topological polar surface area (TPSA) is 63.7 Å². The molecule has 0 radical (unpaired) electrons. The number of fused-ring (bicyclic) bond motifs is 1. The molecule has 0 spiro atoms. The van der Waals surface area contributed by atoms with E-state index in [1.54, 1.807) is 48.5 Å². The summed E-state index contributed by atoms with van der Waals surface area (Å²) in [6, 6.07) is 13.4. The number of rotatable bonds is 5. The fourth-order valence-electron chi connectivity index (χ4n) is 4.20. The van der Waals surface area contributed by atoms with E-state index >= 15 is 0 Å². The fourth-order valence-corrected chi connectivity index (χ4v) is 4.33. The maximum Gasteiger partial charge on any atom is 0.237 e. The number of hydrogen-bond donors (Lipinski definition) is 0. The Morgan fingerprint density at radius 3 is 2.34 bits per heavy atom. The lowest BCUT2D eigenvalue weighted by Crippen LogP contribution is -2.30. The van der Waals surface area contributed by atoms with Crippen LogP contribution in [-0.4, -0.2) is 24.2 Å². The first-order chi connectivity index (χ1) is 13.9. The normalized spacial score (nSPS) is 23.8. The maximum atomic E-state index is 12.8. The van der Waals surface area contributed by atoms with Crippen LogP contribution in [-0.2, 0) is 9.59 Å². The first kappa shape index (κ1) is 19.6. The summed E-state index contributed by atoms with van der Waals surface area (Å²) in [5, 5.41) is 0.568. The number of halogens is 1. The second kappa shape index (κ2) is 7.99. The summed E-state index contributed by atoms with van der Waals surface area (Å²) in [6.07, 6.45) is 2.54. The monoisotopic (exact) mass is 411 g/mol. The third-order valence-electron chi connectivity index (χ3n) is 5.82. The standard InChI is InChI=1S/C23H22ClNO4/c1-14-2-11-19-20(12-14)23(28)25(22(19)27)17-7-9-18(10-8-17)29-13-21(26)15-3-5-16(24)6-4-15/h3-10,14,19-20H,2,11-13H2,1H3/t14-,19-,20+/m0/s1. The average Bonchev–Trinajstić information content (AvgIpc) is 2.97. The van der Waals surface area contributed by atoms with Gasteiger partial charge in [0.2, 0.25) is 11.8 Å². The van der Waals surface area contributed by atoms with Crippen LogP contribution in [0.1, 0.15) is 36.5 Å². The van der Waals surface area contributed by atoms with Crippen molar-refractivity contribution in [3.63, 3.8) is 0 Å². The van der Waals surface area contributed by atoms with Crippen LogP contribution in [0.3, 0.4) is 0 Å². The summed E-state index contributed by atoms with van der Waals surface area (Å²) in [5.74, 6) is 0.236. The van der Waals surface area contributed by atoms with Gasteiger partial charge in [-0.05, 0) is 73.7 Å². The van der Waals surface area contributed by atoms with Gasteiger partial charge in [-0.3, -0.25) is 19.3 Å².